The maximum atomic E-state index is 13.2. The van der Waals surface area contributed by atoms with Crippen molar-refractivity contribution >= 4 is 23.6 Å². The summed E-state index contributed by atoms with van der Waals surface area (Å²) in [6.07, 6.45) is -5.30. The van der Waals surface area contributed by atoms with E-state index in [-0.39, 0.29) is 36.5 Å². The zero-order chi connectivity index (χ0) is 28.1. The van der Waals surface area contributed by atoms with Gasteiger partial charge in [-0.1, -0.05) is 30.3 Å². The molecule has 9 nitrogen and oxygen atoms in total. The molecule has 2 aromatic carbocycles. The van der Waals surface area contributed by atoms with Crippen LogP contribution in [0.1, 0.15) is 45.3 Å². The van der Waals surface area contributed by atoms with E-state index in [1.807, 2.05) is 24.3 Å². The molecule has 0 aromatic heterocycles. The van der Waals surface area contributed by atoms with Crippen LogP contribution in [0.2, 0.25) is 1.41 Å². The van der Waals surface area contributed by atoms with Crippen LogP contribution in [0.3, 0.4) is 0 Å². The second kappa shape index (κ2) is 9.26. The molecular weight excluding hydrogens is 438 g/mol. The molecule has 0 spiro atoms. The molecule has 2 unspecified atom stereocenters. The molecule has 4 amide bonds. The second-order valence-corrected chi connectivity index (χ2v) is 8.04. The standard InChI is InChI=1S/C25H25N3O6/c29-22-9-8-20(24(31)26-22)28-13-19-18(25(28)32)2-1-3-21(19)34-14-17-6-4-16(5-7-17)12-27-10-11-33-15-23(27)30/h1-7,20H,8-15H2,(H,26,29,31)/i8D2,9D,20D/hD. The predicted molar refractivity (Wildman–Crippen MR) is 119 cm³/mol. The van der Waals surface area contributed by atoms with E-state index in [0.29, 0.717) is 35.9 Å². The van der Waals surface area contributed by atoms with Crippen molar-refractivity contribution in [3.63, 3.8) is 0 Å². The van der Waals surface area contributed by atoms with Crippen LogP contribution in [0.5, 0.6) is 5.75 Å². The van der Waals surface area contributed by atoms with Gasteiger partial charge in [0.25, 0.3) is 5.91 Å². The minimum absolute atomic E-state index is 0.0621. The van der Waals surface area contributed by atoms with Gasteiger partial charge in [-0.3, -0.25) is 24.5 Å². The number of amides is 4. The van der Waals surface area contributed by atoms with Gasteiger partial charge < -0.3 is 19.3 Å². The van der Waals surface area contributed by atoms with Crippen molar-refractivity contribution in [3.8, 4) is 5.75 Å². The summed E-state index contributed by atoms with van der Waals surface area (Å²) < 4.78 is 51.9. The van der Waals surface area contributed by atoms with Crippen LogP contribution >= 0.6 is 0 Å². The highest BCUT2D eigenvalue weighted by molar-refractivity contribution is 6.05. The average Bonchev–Trinajstić information content (AvgIpc) is 3.28. The first-order valence-electron chi connectivity index (χ1n) is 13.3. The van der Waals surface area contributed by atoms with Crippen LogP contribution in [-0.2, 0) is 38.8 Å². The molecule has 3 heterocycles. The topological polar surface area (TPSA) is 105 Å². The number of nitrogens with zero attached hydrogens (tertiary/aromatic N) is 2. The van der Waals surface area contributed by atoms with E-state index in [1.165, 1.54) is 6.07 Å². The third kappa shape index (κ3) is 4.38. The van der Waals surface area contributed by atoms with Crippen molar-refractivity contribution < 1.29 is 35.5 Å². The van der Waals surface area contributed by atoms with Gasteiger partial charge >= 0.3 is 0 Å². The number of rotatable bonds is 6. The first-order chi connectivity index (χ1) is 18.5. The molecular formula is C25H25N3O6. The van der Waals surface area contributed by atoms with E-state index < -0.39 is 36.5 Å². The summed E-state index contributed by atoms with van der Waals surface area (Å²) in [5.41, 5.74) is 2.18. The summed E-state index contributed by atoms with van der Waals surface area (Å²) in [7, 11) is 0. The SMILES string of the molecule is [2H]C1C(=O)N([2H])C(=O)C([2H])(N2Cc3c(OCc4ccc(CN5CCOCC5=O)cc4)cccc3C2=O)C1([2H])[2H]. The number of imide groups is 1. The molecule has 0 aliphatic carbocycles. The highest BCUT2D eigenvalue weighted by atomic mass is 16.5. The Hall–Kier alpha value is -3.72. The normalized spacial score (nSPS) is 28.6. The van der Waals surface area contributed by atoms with E-state index in [4.69, 9.17) is 16.4 Å². The minimum atomic E-state index is -3.06. The molecule has 176 valence electrons. The number of hydrogen-bond acceptors (Lipinski definition) is 6. The smallest absolute Gasteiger partial charge is 0.255 e. The molecule has 2 fully saturated rings. The van der Waals surface area contributed by atoms with E-state index in [0.717, 1.165) is 11.1 Å². The molecule has 3 aliphatic heterocycles. The number of fused-ring (bicyclic) bond motifs is 1. The Morgan fingerprint density at radius 3 is 2.74 bits per heavy atom. The van der Waals surface area contributed by atoms with Gasteiger partial charge in [-0.25, -0.2) is 0 Å². The van der Waals surface area contributed by atoms with Crippen LogP contribution in [0.4, 0.5) is 0 Å². The van der Waals surface area contributed by atoms with Gasteiger partial charge in [0.15, 0.2) is 1.41 Å². The summed E-state index contributed by atoms with van der Waals surface area (Å²) >= 11 is 0. The molecule has 34 heavy (non-hydrogen) atoms. The van der Waals surface area contributed by atoms with Crippen LogP contribution in [0.15, 0.2) is 42.5 Å². The zero-order valence-corrected chi connectivity index (χ0v) is 18.2. The maximum Gasteiger partial charge on any atom is 0.255 e. The molecule has 5 rings (SSSR count). The third-order valence-electron chi connectivity index (χ3n) is 5.82. The Labute approximate surface area is 203 Å². The molecule has 2 atom stereocenters. The molecule has 2 aromatic rings. The highest BCUT2D eigenvalue weighted by Crippen LogP contribution is 2.34. The van der Waals surface area contributed by atoms with Crippen molar-refractivity contribution in [3.05, 3.63) is 64.7 Å². The van der Waals surface area contributed by atoms with E-state index in [1.54, 1.807) is 17.0 Å². The Balaban J connectivity index is 1.32. The predicted octanol–water partition coefficient (Wildman–Crippen LogP) is 1.39. The zero-order valence-electron chi connectivity index (χ0n) is 23.2. The minimum Gasteiger partial charge on any atom is -0.489 e. The largest absolute Gasteiger partial charge is 0.489 e. The first-order valence-corrected chi connectivity index (χ1v) is 10.8. The Bertz CT molecular complexity index is 1360. The third-order valence-corrected chi connectivity index (χ3v) is 5.82. The molecule has 3 aliphatic rings. The quantitative estimate of drug-likeness (QED) is 0.643. The molecule has 0 radical (unpaired) electrons. The average molecular weight is 469 g/mol. The van der Waals surface area contributed by atoms with Gasteiger partial charge in [0, 0.05) is 34.7 Å². The van der Waals surface area contributed by atoms with E-state index >= 15 is 0 Å². The number of benzene rings is 2. The number of carbonyl (C=O) groups is 4. The number of morpholine rings is 1. The molecule has 2 saturated heterocycles. The molecule has 1 N–H and O–H groups in total. The Morgan fingerprint density at radius 2 is 1.94 bits per heavy atom. The Kier molecular flexibility index (Phi) is 4.58. The molecule has 0 saturated carbocycles. The van der Waals surface area contributed by atoms with Gasteiger partial charge in [-0.05, 0) is 29.6 Å². The van der Waals surface area contributed by atoms with Gasteiger partial charge in [-0.15, -0.1) is 0 Å². The lowest BCUT2D eigenvalue weighted by Gasteiger charge is -2.29. The molecule has 0 bridgehead atoms. The highest BCUT2D eigenvalue weighted by Gasteiger charge is 2.40. The fourth-order valence-corrected chi connectivity index (χ4v) is 4.03. The fourth-order valence-electron chi connectivity index (χ4n) is 4.03. The lowest BCUT2D eigenvalue weighted by atomic mass is 10.0. The van der Waals surface area contributed by atoms with Gasteiger partial charge in [0.2, 0.25) is 17.7 Å². The molecule has 9 heteroatoms. The van der Waals surface area contributed by atoms with Crippen molar-refractivity contribution in [1.29, 1.82) is 0 Å². The maximum absolute atomic E-state index is 13.2. The Morgan fingerprint density at radius 1 is 1.15 bits per heavy atom. The number of hydrogen-bond donors (Lipinski definition) is 1. The van der Waals surface area contributed by atoms with Crippen LogP contribution in [0.25, 0.3) is 0 Å². The summed E-state index contributed by atoms with van der Waals surface area (Å²) in [5.74, 6) is -3.54. The first kappa shape index (κ1) is 16.8. The van der Waals surface area contributed by atoms with Crippen molar-refractivity contribution in [2.75, 3.05) is 19.8 Å². The fraction of sp³-hybridized carbons (Fsp3) is 0.360. The summed E-state index contributed by atoms with van der Waals surface area (Å²) in [5, 5.41) is -0.210. The van der Waals surface area contributed by atoms with Crippen molar-refractivity contribution in [1.82, 2.24) is 15.1 Å². The van der Waals surface area contributed by atoms with Crippen LogP contribution in [-0.4, -0.2) is 59.2 Å². The van der Waals surface area contributed by atoms with Gasteiger partial charge in [-0.2, -0.15) is 0 Å². The number of ether oxygens (including phenoxy) is 2. The van der Waals surface area contributed by atoms with Crippen LogP contribution < -0.4 is 10.0 Å². The van der Waals surface area contributed by atoms with E-state index in [2.05, 4.69) is 0 Å². The van der Waals surface area contributed by atoms with Gasteiger partial charge in [0.1, 0.15) is 25.0 Å². The lowest BCUT2D eigenvalue weighted by Crippen LogP contribution is -2.52. The van der Waals surface area contributed by atoms with Crippen molar-refractivity contribution in [2.24, 2.45) is 0 Å². The number of piperidine rings is 1. The van der Waals surface area contributed by atoms with Gasteiger partial charge in [0.05, 0.1) is 14.5 Å². The summed E-state index contributed by atoms with van der Waals surface area (Å²) in [6, 6.07) is 9.09. The number of nitrogens with one attached hydrogen (secondary N) is 1. The van der Waals surface area contributed by atoms with Crippen LogP contribution in [0, 0.1) is 0 Å². The summed E-state index contributed by atoms with van der Waals surface area (Å²) in [6.45, 7) is 1.33. The monoisotopic (exact) mass is 468 g/mol. The summed E-state index contributed by atoms with van der Waals surface area (Å²) in [4.78, 5) is 52.4. The van der Waals surface area contributed by atoms with Crippen molar-refractivity contribution in [2.45, 2.75) is 38.5 Å². The lowest BCUT2D eigenvalue weighted by molar-refractivity contribution is -0.143. The number of carbonyl (C=O) groups excluding carboxylic acids is 4. The van der Waals surface area contributed by atoms with E-state index in [9.17, 15) is 19.2 Å². The second-order valence-electron chi connectivity index (χ2n) is 8.04.